The molecule has 14 heavy (non-hydrogen) atoms. The fourth-order valence-electron chi connectivity index (χ4n) is 1.17. The third-order valence-electron chi connectivity index (χ3n) is 1.81. The minimum atomic E-state index is 0.687. The van der Waals surface area contributed by atoms with Gasteiger partial charge in [-0.25, -0.2) is 0 Å². The molecule has 0 unspecified atom stereocenters. The first-order chi connectivity index (χ1) is 6.74. The molecular weight excluding hydrogens is 246 g/mol. The summed E-state index contributed by atoms with van der Waals surface area (Å²) in [5.74, 6) is 0. The van der Waals surface area contributed by atoms with E-state index in [1.165, 1.54) is 0 Å². The summed E-state index contributed by atoms with van der Waals surface area (Å²) in [5.41, 5.74) is 6.23. The fourth-order valence-corrected chi connectivity index (χ4v) is 1.50. The number of nitrogen functional groups attached to an aromatic ring is 1. The van der Waals surface area contributed by atoms with Gasteiger partial charge >= 0.3 is 0 Å². The molecule has 0 aliphatic rings. The molecule has 0 bridgehead atoms. The summed E-state index contributed by atoms with van der Waals surface area (Å²) in [6.07, 6.45) is 7.13. The molecule has 2 rings (SSSR count). The van der Waals surface area contributed by atoms with Crippen LogP contribution in [-0.4, -0.2) is 19.6 Å². The van der Waals surface area contributed by atoms with E-state index < -0.39 is 0 Å². The highest BCUT2D eigenvalue weighted by Crippen LogP contribution is 2.06. The Morgan fingerprint density at radius 2 is 1.79 bits per heavy atom. The first-order valence-corrected chi connectivity index (χ1v) is 4.99. The molecule has 2 aromatic heterocycles. The monoisotopic (exact) mass is 255 g/mol. The third kappa shape index (κ3) is 2.14. The van der Waals surface area contributed by atoms with E-state index >= 15 is 0 Å². The highest BCUT2D eigenvalue weighted by atomic mass is 79.9. The zero-order valence-corrected chi connectivity index (χ0v) is 9.05. The van der Waals surface area contributed by atoms with Gasteiger partial charge in [0.05, 0.1) is 35.6 Å². The first-order valence-electron chi connectivity index (χ1n) is 4.20. The maximum atomic E-state index is 5.54. The Hall–Kier alpha value is -1.30. The van der Waals surface area contributed by atoms with Crippen LogP contribution in [0.3, 0.4) is 0 Å². The van der Waals surface area contributed by atoms with Gasteiger partial charge in [0.25, 0.3) is 0 Å². The van der Waals surface area contributed by atoms with Crippen LogP contribution in [0.4, 0.5) is 5.69 Å². The van der Waals surface area contributed by atoms with Crippen LogP contribution < -0.4 is 5.73 Å². The molecule has 5 nitrogen and oxygen atoms in total. The number of hydrogen-bond acceptors (Lipinski definition) is 3. The van der Waals surface area contributed by atoms with E-state index in [1.54, 1.807) is 23.3 Å². The van der Waals surface area contributed by atoms with Crippen molar-refractivity contribution >= 4 is 21.6 Å². The summed E-state index contributed by atoms with van der Waals surface area (Å²) in [4.78, 5) is 0. The van der Waals surface area contributed by atoms with Crippen LogP contribution in [0.15, 0.2) is 29.3 Å². The van der Waals surface area contributed by atoms with E-state index in [1.807, 2.05) is 10.9 Å². The van der Waals surface area contributed by atoms with Crippen molar-refractivity contribution < 1.29 is 0 Å². The molecule has 0 spiro atoms. The Balaban J connectivity index is 1.94. The predicted molar refractivity (Wildman–Crippen MR) is 56.6 cm³/mol. The van der Waals surface area contributed by atoms with Gasteiger partial charge in [0.2, 0.25) is 0 Å². The summed E-state index contributed by atoms with van der Waals surface area (Å²) in [6, 6.07) is 0. The van der Waals surface area contributed by atoms with E-state index in [0.717, 1.165) is 17.6 Å². The summed E-state index contributed by atoms with van der Waals surface area (Å²) >= 11 is 3.34. The van der Waals surface area contributed by atoms with E-state index in [-0.39, 0.29) is 0 Å². The molecule has 6 heteroatoms. The van der Waals surface area contributed by atoms with Gasteiger partial charge in [-0.1, -0.05) is 0 Å². The van der Waals surface area contributed by atoms with Gasteiger partial charge in [-0.2, -0.15) is 10.2 Å². The quantitative estimate of drug-likeness (QED) is 0.895. The van der Waals surface area contributed by atoms with Gasteiger partial charge in [0.1, 0.15) is 0 Å². The Morgan fingerprint density at radius 1 is 1.14 bits per heavy atom. The molecule has 2 aromatic rings. The van der Waals surface area contributed by atoms with Gasteiger partial charge in [-0.3, -0.25) is 9.36 Å². The topological polar surface area (TPSA) is 61.7 Å². The van der Waals surface area contributed by atoms with Crippen LogP contribution in [0.2, 0.25) is 0 Å². The van der Waals surface area contributed by atoms with Crippen molar-refractivity contribution in [3.8, 4) is 0 Å². The van der Waals surface area contributed by atoms with Crippen molar-refractivity contribution in [1.29, 1.82) is 0 Å². The standard InChI is InChI=1S/C8H10BrN5/c9-7-3-11-13(5-7)1-2-14-6-8(10)4-12-14/h3-6H,1-2,10H2. The summed E-state index contributed by atoms with van der Waals surface area (Å²) in [5, 5.41) is 8.21. The second-order valence-electron chi connectivity index (χ2n) is 2.96. The van der Waals surface area contributed by atoms with E-state index in [2.05, 4.69) is 26.1 Å². The lowest BCUT2D eigenvalue weighted by atomic mass is 10.6. The molecular formula is C8H10BrN5. The van der Waals surface area contributed by atoms with Gasteiger partial charge in [-0.15, -0.1) is 0 Å². The van der Waals surface area contributed by atoms with Crippen molar-refractivity contribution in [3.63, 3.8) is 0 Å². The fraction of sp³-hybridized carbons (Fsp3) is 0.250. The van der Waals surface area contributed by atoms with Crippen LogP contribution in [0.5, 0.6) is 0 Å². The second-order valence-corrected chi connectivity index (χ2v) is 3.87. The highest BCUT2D eigenvalue weighted by molar-refractivity contribution is 9.10. The summed E-state index contributed by atoms with van der Waals surface area (Å²) in [7, 11) is 0. The lowest BCUT2D eigenvalue weighted by molar-refractivity contribution is 0.500. The predicted octanol–water partition coefficient (Wildman–Crippen LogP) is 1.12. The van der Waals surface area contributed by atoms with Crippen molar-refractivity contribution in [2.75, 3.05) is 5.73 Å². The molecule has 0 fully saturated rings. The van der Waals surface area contributed by atoms with Gasteiger partial charge in [-0.05, 0) is 15.9 Å². The maximum absolute atomic E-state index is 5.54. The number of halogens is 1. The molecule has 0 atom stereocenters. The third-order valence-corrected chi connectivity index (χ3v) is 2.22. The molecule has 0 aromatic carbocycles. The van der Waals surface area contributed by atoms with Crippen LogP contribution >= 0.6 is 15.9 Å². The number of rotatable bonds is 3. The van der Waals surface area contributed by atoms with Crippen molar-refractivity contribution in [2.24, 2.45) is 0 Å². The van der Waals surface area contributed by atoms with Crippen LogP contribution in [0.1, 0.15) is 0 Å². The van der Waals surface area contributed by atoms with E-state index in [0.29, 0.717) is 5.69 Å². The number of hydrogen-bond donors (Lipinski definition) is 1. The lowest BCUT2D eigenvalue weighted by Gasteiger charge is -2.00. The summed E-state index contributed by atoms with van der Waals surface area (Å²) in [6.45, 7) is 1.55. The largest absolute Gasteiger partial charge is 0.396 e. The Kier molecular flexibility index (Phi) is 2.53. The van der Waals surface area contributed by atoms with Crippen molar-refractivity contribution in [2.45, 2.75) is 13.1 Å². The van der Waals surface area contributed by atoms with Crippen molar-refractivity contribution in [1.82, 2.24) is 19.6 Å². The lowest BCUT2D eigenvalue weighted by Crippen LogP contribution is -2.07. The molecule has 0 amide bonds. The van der Waals surface area contributed by atoms with Crippen LogP contribution in [0.25, 0.3) is 0 Å². The smallest absolute Gasteiger partial charge is 0.0719 e. The average Bonchev–Trinajstić information content (AvgIpc) is 2.72. The molecule has 2 heterocycles. The Labute approximate surface area is 89.6 Å². The highest BCUT2D eigenvalue weighted by Gasteiger charge is 1.97. The second kappa shape index (κ2) is 3.83. The van der Waals surface area contributed by atoms with Gasteiger partial charge in [0, 0.05) is 12.4 Å². The Bertz CT molecular complexity index is 379. The summed E-state index contributed by atoms with van der Waals surface area (Å²) < 4.78 is 4.63. The molecule has 0 aliphatic carbocycles. The molecule has 2 N–H and O–H groups in total. The minimum absolute atomic E-state index is 0.687. The Morgan fingerprint density at radius 3 is 2.29 bits per heavy atom. The number of aryl methyl sites for hydroxylation is 2. The molecule has 0 radical (unpaired) electrons. The number of nitrogens with two attached hydrogens (primary N) is 1. The maximum Gasteiger partial charge on any atom is 0.0719 e. The van der Waals surface area contributed by atoms with E-state index in [9.17, 15) is 0 Å². The molecule has 0 aliphatic heterocycles. The van der Waals surface area contributed by atoms with Crippen LogP contribution in [0, 0.1) is 0 Å². The van der Waals surface area contributed by atoms with E-state index in [4.69, 9.17) is 5.73 Å². The average molecular weight is 256 g/mol. The van der Waals surface area contributed by atoms with Crippen LogP contribution in [-0.2, 0) is 13.1 Å². The van der Waals surface area contributed by atoms with Gasteiger partial charge < -0.3 is 5.73 Å². The minimum Gasteiger partial charge on any atom is -0.396 e. The molecule has 0 saturated heterocycles. The van der Waals surface area contributed by atoms with Gasteiger partial charge in [0.15, 0.2) is 0 Å². The normalized spacial score (nSPS) is 10.6. The number of aromatic nitrogens is 4. The SMILES string of the molecule is Nc1cnn(CCn2cc(Br)cn2)c1. The molecule has 74 valence electrons. The number of nitrogens with zero attached hydrogens (tertiary/aromatic N) is 4. The molecule has 0 saturated carbocycles. The zero-order valence-electron chi connectivity index (χ0n) is 7.47. The zero-order chi connectivity index (χ0) is 9.97. The van der Waals surface area contributed by atoms with Crippen molar-refractivity contribution in [3.05, 3.63) is 29.3 Å². The number of anilines is 1. The first kappa shape index (κ1) is 9.26.